The first kappa shape index (κ1) is 25.6. The molecule has 0 aromatic heterocycles. The van der Waals surface area contributed by atoms with Gasteiger partial charge in [0.25, 0.3) is 11.8 Å². The molecule has 0 bridgehead atoms. The number of hydrogen-bond acceptors (Lipinski definition) is 4. The minimum atomic E-state index is -0.626. The smallest absolute Gasteiger partial charge is 0.261 e. The summed E-state index contributed by atoms with van der Waals surface area (Å²) >= 11 is 0. The van der Waals surface area contributed by atoms with E-state index in [1.54, 1.807) is 13.8 Å². The highest BCUT2D eigenvalue weighted by molar-refractivity contribution is 5.82. The van der Waals surface area contributed by atoms with E-state index in [2.05, 4.69) is 24.5 Å². The van der Waals surface area contributed by atoms with Crippen LogP contribution in [0, 0.1) is 0 Å². The molecule has 1 saturated carbocycles. The van der Waals surface area contributed by atoms with E-state index in [4.69, 9.17) is 9.47 Å². The molecule has 2 aromatic rings. The summed E-state index contributed by atoms with van der Waals surface area (Å²) < 4.78 is 11.7. The van der Waals surface area contributed by atoms with Crippen LogP contribution >= 0.6 is 0 Å². The number of amides is 2. The van der Waals surface area contributed by atoms with Crippen LogP contribution in [0.25, 0.3) is 0 Å². The van der Waals surface area contributed by atoms with Gasteiger partial charge in [-0.05, 0) is 74.9 Å². The molecule has 0 radical (unpaired) electrons. The lowest BCUT2D eigenvalue weighted by Crippen LogP contribution is -2.56. The van der Waals surface area contributed by atoms with E-state index in [1.807, 2.05) is 48.5 Å². The Bertz CT molecular complexity index is 849. The summed E-state index contributed by atoms with van der Waals surface area (Å²) in [6.07, 6.45) is 4.34. The van der Waals surface area contributed by atoms with E-state index in [1.165, 1.54) is 11.1 Å². The van der Waals surface area contributed by atoms with Crippen LogP contribution in [0.4, 0.5) is 0 Å². The summed E-state index contributed by atoms with van der Waals surface area (Å²) in [5.41, 5.74) is 2.45. The normalized spacial score (nSPS) is 19.5. The van der Waals surface area contributed by atoms with Crippen LogP contribution in [-0.2, 0) is 22.4 Å². The maximum atomic E-state index is 12.8. The van der Waals surface area contributed by atoms with E-state index in [0.717, 1.165) is 38.5 Å². The third kappa shape index (κ3) is 7.24. The first-order valence-electron chi connectivity index (χ1n) is 12.5. The molecule has 3 rings (SSSR count). The zero-order valence-corrected chi connectivity index (χ0v) is 20.8. The Hall–Kier alpha value is -3.02. The van der Waals surface area contributed by atoms with Gasteiger partial charge in [0, 0.05) is 12.1 Å². The summed E-state index contributed by atoms with van der Waals surface area (Å²) in [5, 5.41) is 6.20. The third-order valence-corrected chi connectivity index (χ3v) is 6.45. The molecule has 0 aliphatic heterocycles. The van der Waals surface area contributed by atoms with Gasteiger partial charge in [-0.25, -0.2) is 0 Å². The van der Waals surface area contributed by atoms with Crippen LogP contribution in [0.15, 0.2) is 48.5 Å². The van der Waals surface area contributed by atoms with Crippen LogP contribution in [-0.4, -0.2) is 36.1 Å². The van der Waals surface area contributed by atoms with Crippen LogP contribution < -0.4 is 20.1 Å². The van der Waals surface area contributed by atoms with E-state index < -0.39 is 12.2 Å². The minimum Gasteiger partial charge on any atom is -0.481 e. The van der Waals surface area contributed by atoms with Crippen molar-refractivity contribution in [1.82, 2.24) is 10.6 Å². The molecule has 6 nitrogen and oxygen atoms in total. The lowest BCUT2D eigenvalue weighted by molar-refractivity contribution is -0.131. The fourth-order valence-corrected chi connectivity index (χ4v) is 4.20. The molecule has 184 valence electrons. The topological polar surface area (TPSA) is 76.7 Å². The molecule has 34 heavy (non-hydrogen) atoms. The number of rotatable bonds is 10. The lowest BCUT2D eigenvalue weighted by Gasteiger charge is -2.34. The average molecular weight is 467 g/mol. The van der Waals surface area contributed by atoms with Crippen LogP contribution in [0.2, 0.25) is 0 Å². The summed E-state index contributed by atoms with van der Waals surface area (Å²) in [6, 6.07) is 15.3. The monoisotopic (exact) mass is 466 g/mol. The number of aryl methyl sites for hydroxylation is 2. The Kier molecular flexibility index (Phi) is 9.37. The fourth-order valence-electron chi connectivity index (χ4n) is 4.20. The van der Waals surface area contributed by atoms with Gasteiger partial charge in [0.2, 0.25) is 0 Å². The standard InChI is InChI=1S/C28H38N2O4/c1-5-21-11-15-23(16-12-21)33-19(3)27(31)29-25-9-7-8-10-26(25)30-28(32)20(4)34-24-17-13-22(6-2)14-18-24/h11-20,25-26H,5-10H2,1-4H3,(H,29,31)(H,30,32). The number of carbonyl (C=O) groups is 2. The molecule has 1 aliphatic rings. The maximum Gasteiger partial charge on any atom is 0.261 e. The number of ether oxygens (including phenoxy) is 2. The van der Waals surface area contributed by atoms with Gasteiger partial charge in [-0.15, -0.1) is 0 Å². The van der Waals surface area contributed by atoms with Gasteiger partial charge < -0.3 is 20.1 Å². The maximum absolute atomic E-state index is 12.8. The summed E-state index contributed by atoms with van der Waals surface area (Å²) in [6.45, 7) is 7.70. The minimum absolute atomic E-state index is 0.130. The number of carbonyl (C=O) groups excluding carboxylic acids is 2. The number of benzene rings is 2. The Balaban J connectivity index is 1.52. The van der Waals surface area contributed by atoms with Crippen LogP contribution in [0.3, 0.4) is 0 Å². The Morgan fingerprint density at radius 2 is 1.09 bits per heavy atom. The average Bonchev–Trinajstić information content (AvgIpc) is 2.86. The van der Waals surface area contributed by atoms with E-state index in [9.17, 15) is 9.59 Å². The third-order valence-electron chi connectivity index (χ3n) is 6.45. The number of hydrogen-bond donors (Lipinski definition) is 2. The largest absolute Gasteiger partial charge is 0.481 e. The quantitative estimate of drug-likeness (QED) is 0.537. The molecule has 1 aliphatic carbocycles. The van der Waals surface area contributed by atoms with Crippen molar-refractivity contribution in [2.24, 2.45) is 0 Å². The molecule has 2 N–H and O–H groups in total. The summed E-state index contributed by atoms with van der Waals surface area (Å²) in [5.74, 6) is 0.995. The molecule has 1 fully saturated rings. The Labute approximate surface area is 203 Å². The van der Waals surface area contributed by atoms with Gasteiger partial charge >= 0.3 is 0 Å². The van der Waals surface area contributed by atoms with Crippen molar-refractivity contribution < 1.29 is 19.1 Å². The van der Waals surface area contributed by atoms with Crippen LogP contribution in [0.5, 0.6) is 11.5 Å². The first-order chi connectivity index (χ1) is 16.4. The van der Waals surface area contributed by atoms with E-state index in [-0.39, 0.29) is 23.9 Å². The molecule has 4 atom stereocenters. The highest BCUT2D eigenvalue weighted by atomic mass is 16.5. The predicted molar refractivity (Wildman–Crippen MR) is 134 cm³/mol. The van der Waals surface area contributed by atoms with Crippen molar-refractivity contribution in [1.29, 1.82) is 0 Å². The number of nitrogens with one attached hydrogen (secondary N) is 2. The van der Waals surface area contributed by atoms with Gasteiger partial charge in [0.05, 0.1) is 0 Å². The Morgan fingerprint density at radius 3 is 1.41 bits per heavy atom. The van der Waals surface area contributed by atoms with Gasteiger partial charge in [0.1, 0.15) is 11.5 Å². The predicted octanol–water partition coefficient (Wildman–Crippen LogP) is 4.59. The van der Waals surface area contributed by atoms with Crippen molar-refractivity contribution in [3.05, 3.63) is 59.7 Å². The molecular formula is C28H38N2O4. The van der Waals surface area contributed by atoms with Crippen molar-refractivity contribution in [2.45, 2.75) is 90.5 Å². The molecule has 0 heterocycles. The van der Waals surface area contributed by atoms with Crippen molar-refractivity contribution in [3.63, 3.8) is 0 Å². The molecule has 0 spiro atoms. The molecule has 6 heteroatoms. The van der Waals surface area contributed by atoms with Crippen molar-refractivity contribution in [3.8, 4) is 11.5 Å². The first-order valence-corrected chi connectivity index (χ1v) is 12.5. The second-order valence-electron chi connectivity index (χ2n) is 9.03. The van der Waals surface area contributed by atoms with Crippen LogP contribution in [0.1, 0.15) is 64.5 Å². The highest BCUT2D eigenvalue weighted by Gasteiger charge is 2.31. The van der Waals surface area contributed by atoms with Crippen molar-refractivity contribution in [2.75, 3.05) is 0 Å². The van der Waals surface area contributed by atoms with Gasteiger partial charge in [-0.2, -0.15) is 0 Å². The molecule has 0 saturated heterocycles. The second-order valence-corrected chi connectivity index (χ2v) is 9.03. The molecular weight excluding hydrogens is 428 g/mol. The van der Waals surface area contributed by atoms with Gasteiger partial charge in [0.15, 0.2) is 12.2 Å². The zero-order chi connectivity index (χ0) is 24.5. The second kappa shape index (κ2) is 12.4. The van der Waals surface area contributed by atoms with E-state index in [0.29, 0.717) is 11.5 Å². The SMILES string of the molecule is CCc1ccc(OC(C)C(=O)NC2CCCCC2NC(=O)C(C)Oc2ccc(CC)cc2)cc1. The zero-order valence-electron chi connectivity index (χ0n) is 20.8. The molecule has 4 unspecified atom stereocenters. The summed E-state index contributed by atoms with van der Waals surface area (Å²) in [4.78, 5) is 25.6. The van der Waals surface area contributed by atoms with Gasteiger partial charge in [-0.3, -0.25) is 9.59 Å². The lowest BCUT2D eigenvalue weighted by atomic mass is 9.90. The van der Waals surface area contributed by atoms with E-state index >= 15 is 0 Å². The highest BCUT2D eigenvalue weighted by Crippen LogP contribution is 2.21. The Morgan fingerprint density at radius 1 is 0.735 bits per heavy atom. The fraction of sp³-hybridized carbons (Fsp3) is 0.500. The molecule has 2 amide bonds. The van der Waals surface area contributed by atoms with Gasteiger partial charge in [-0.1, -0.05) is 51.0 Å². The summed E-state index contributed by atoms with van der Waals surface area (Å²) in [7, 11) is 0. The molecule has 2 aromatic carbocycles. The van der Waals surface area contributed by atoms with Crippen molar-refractivity contribution >= 4 is 11.8 Å².